The van der Waals surface area contributed by atoms with Crippen molar-refractivity contribution in [2.45, 2.75) is 13.8 Å². The maximum absolute atomic E-state index is 12.8. The van der Waals surface area contributed by atoms with Crippen molar-refractivity contribution in [2.24, 2.45) is 0 Å². The van der Waals surface area contributed by atoms with Gasteiger partial charge in [0, 0.05) is 23.0 Å². The molecule has 2 aromatic carbocycles. The number of benzene rings is 2. The van der Waals surface area contributed by atoms with Crippen LogP contribution in [0.3, 0.4) is 0 Å². The van der Waals surface area contributed by atoms with Gasteiger partial charge in [-0.2, -0.15) is 4.98 Å². The van der Waals surface area contributed by atoms with Crippen LogP contribution in [0.1, 0.15) is 23.1 Å². The first-order valence-corrected chi connectivity index (χ1v) is 9.94. The number of carbonyl (C=O) groups excluding carboxylic acids is 1. The van der Waals surface area contributed by atoms with Gasteiger partial charge in [-0.25, -0.2) is 4.98 Å². The molecule has 1 heterocycles. The van der Waals surface area contributed by atoms with Crippen LogP contribution in [0.5, 0.6) is 23.1 Å². The minimum absolute atomic E-state index is 0.308. The van der Waals surface area contributed by atoms with E-state index in [0.29, 0.717) is 52.6 Å². The number of nitrogens with zero attached hydrogens (tertiary/aromatic N) is 2. The Balaban J connectivity index is 1.73. The molecule has 0 saturated heterocycles. The third-order valence-corrected chi connectivity index (χ3v) is 4.45. The van der Waals surface area contributed by atoms with Crippen LogP contribution in [-0.2, 0) is 0 Å². The monoisotopic (exact) mass is 438 g/mol. The van der Waals surface area contributed by atoms with Crippen LogP contribution in [0.2, 0.25) is 0 Å². The molecule has 0 aliphatic heterocycles. The first-order valence-electron chi connectivity index (χ1n) is 9.94. The average molecular weight is 438 g/mol. The van der Waals surface area contributed by atoms with Crippen LogP contribution >= 0.6 is 0 Å². The Morgan fingerprint density at radius 1 is 0.906 bits per heavy atom. The molecule has 9 nitrogen and oxygen atoms in total. The molecule has 9 heteroatoms. The van der Waals surface area contributed by atoms with E-state index in [1.165, 1.54) is 21.3 Å². The molecule has 0 fully saturated rings. The lowest BCUT2D eigenvalue weighted by Gasteiger charge is -2.14. The normalized spacial score (nSPS) is 10.3. The molecule has 0 unspecified atom stereocenters. The van der Waals surface area contributed by atoms with Crippen molar-refractivity contribution < 1.29 is 23.7 Å². The van der Waals surface area contributed by atoms with E-state index in [4.69, 9.17) is 18.9 Å². The fourth-order valence-corrected chi connectivity index (χ4v) is 3.03. The van der Waals surface area contributed by atoms with Gasteiger partial charge in [0.2, 0.25) is 11.6 Å². The van der Waals surface area contributed by atoms with E-state index in [0.717, 1.165) is 5.69 Å². The number of ether oxygens (including phenoxy) is 4. The van der Waals surface area contributed by atoms with E-state index in [-0.39, 0.29) is 5.91 Å². The van der Waals surface area contributed by atoms with Crippen LogP contribution in [0.4, 0.5) is 17.2 Å². The van der Waals surface area contributed by atoms with Gasteiger partial charge in [0.15, 0.2) is 11.5 Å². The Kier molecular flexibility index (Phi) is 7.33. The molecule has 0 radical (unpaired) electrons. The lowest BCUT2D eigenvalue weighted by atomic mass is 10.1. The Morgan fingerprint density at radius 2 is 1.53 bits per heavy atom. The molecule has 1 aromatic heterocycles. The zero-order valence-electron chi connectivity index (χ0n) is 18.7. The summed E-state index contributed by atoms with van der Waals surface area (Å²) >= 11 is 0. The predicted molar refractivity (Wildman–Crippen MR) is 122 cm³/mol. The van der Waals surface area contributed by atoms with Gasteiger partial charge < -0.3 is 29.6 Å². The number of aromatic nitrogens is 2. The molecule has 32 heavy (non-hydrogen) atoms. The number of anilines is 3. The van der Waals surface area contributed by atoms with Crippen molar-refractivity contribution >= 4 is 23.1 Å². The highest BCUT2D eigenvalue weighted by Crippen LogP contribution is 2.38. The van der Waals surface area contributed by atoms with E-state index in [2.05, 4.69) is 20.6 Å². The number of carbonyl (C=O) groups is 1. The zero-order chi connectivity index (χ0) is 23.1. The predicted octanol–water partition coefficient (Wildman–Crippen LogP) is 4.21. The largest absolute Gasteiger partial charge is 0.493 e. The molecule has 0 saturated carbocycles. The van der Waals surface area contributed by atoms with Crippen LogP contribution in [-0.4, -0.2) is 43.8 Å². The Hall–Kier alpha value is -4.01. The maximum Gasteiger partial charge on any atom is 0.255 e. The Labute approximate surface area is 186 Å². The number of hydrogen-bond donors (Lipinski definition) is 2. The summed E-state index contributed by atoms with van der Waals surface area (Å²) in [7, 11) is 4.51. The minimum atomic E-state index is -0.308. The summed E-state index contributed by atoms with van der Waals surface area (Å²) in [5.41, 5.74) is 1.81. The van der Waals surface area contributed by atoms with Crippen molar-refractivity contribution in [3.8, 4) is 23.1 Å². The third-order valence-electron chi connectivity index (χ3n) is 4.45. The van der Waals surface area contributed by atoms with Gasteiger partial charge in [0.1, 0.15) is 11.6 Å². The zero-order valence-corrected chi connectivity index (χ0v) is 18.7. The fraction of sp³-hybridized carbons (Fsp3) is 0.261. The van der Waals surface area contributed by atoms with Gasteiger partial charge in [0.25, 0.3) is 5.91 Å². The van der Waals surface area contributed by atoms with Crippen molar-refractivity contribution in [1.29, 1.82) is 0 Å². The molecule has 0 aliphatic rings. The van der Waals surface area contributed by atoms with E-state index < -0.39 is 0 Å². The standard InChI is InChI=1S/C23H26N4O5/c1-6-32-21-13-20(24-14(2)25-21)26-16-7-9-17(10-8-16)27-23(28)15-11-18(29-3)22(31-5)19(12-15)30-4/h7-13H,6H2,1-5H3,(H,27,28)(H,24,25,26). The van der Waals surface area contributed by atoms with E-state index in [1.807, 2.05) is 19.1 Å². The summed E-state index contributed by atoms with van der Waals surface area (Å²) in [6, 6.07) is 12.2. The SMILES string of the molecule is CCOc1cc(Nc2ccc(NC(=O)c3cc(OC)c(OC)c(OC)c3)cc2)nc(C)n1. The number of methoxy groups -OCH3 is 3. The molecule has 0 atom stereocenters. The molecule has 0 aliphatic carbocycles. The second kappa shape index (κ2) is 10.3. The maximum atomic E-state index is 12.8. The van der Waals surface area contributed by atoms with Crippen LogP contribution in [0.15, 0.2) is 42.5 Å². The quantitative estimate of drug-likeness (QED) is 0.512. The Bertz CT molecular complexity index is 1060. The number of amides is 1. The summed E-state index contributed by atoms with van der Waals surface area (Å²) in [5, 5.41) is 6.07. The molecule has 1 amide bonds. The number of hydrogen-bond acceptors (Lipinski definition) is 8. The molecule has 0 spiro atoms. The average Bonchev–Trinajstić information content (AvgIpc) is 2.79. The highest BCUT2D eigenvalue weighted by Gasteiger charge is 2.17. The van der Waals surface area contributed by atoms with Gasteiger partial charge in [0.05, 0.1) is 27.9 Å². The highest BCUT2D eigenvalue weighted by atomic mass is 16.5. The van der Waals surface area contributed by atoms with E-state index in [1.54, 1.807) is 37.3 Å². The molecular formula is C23H26N4O5. The van der Waals surface area contributed by atoms with Crippen molar-refractivity contribution in [2.75, 3.05) is 38.6 Å². The minimum Gasteiger partial charge on any atom is -0.493 e. The lowest BCUT2D eigenvalue weighted by Crippen LogP contribution is -2.12. The van der Waals surface area contributed by atoms with Gasteiger partial charge >= 0.3 is 0 Å². The molecule has 3 rings (SSSR count). The summed E-state index contributed by atoms with van der Waals surface area (Å²) in [4.78, 5) is 21.3. The summed E-state index contributed by atoms with van der Waals surface area (Å²) in [6.07, 6.45) is 0. The Morgan fingerprint density at radius 3 is 2.09 bits per heavy atom. The van der Waals surface area contributed by atoms with Crippen molar-refractivity contribution in [3.05, 3.63) is 53.9 Å². The summed E-state index contributed by atoms with van der Waals surface area (Å²) in [5.74, 6) is 2.66. The smallest absolute Gasteiger partial charge is 0.255 e. The van der Waals surface area contributed by atoms with Crippen LogP contribution < -0.4 is 29.6 Å². The van der Waals surface area contributed by atoms with Gasteiger partial charge in [-0.15, -0.1) is 0 Å². The van der Waals surface area contributed by atoms with Crippen LogP contribution in [0.25, 0.3) is 0 Å². The first kappa shape index (κ1) is 22.7. The topological polar surface area (TPSA) is 104 Å². The molecular weight excluding hydrogens is 412 g/mol. The van der Waals surface area contributed by atoms with E-state index >= 15 is 0 Å². The van der Waals surface area contributed by atoms with Gasteiger partial charge in [-0.1, -0.05) is 0 Å². The number of rotatable bonds is 9. The highest BCUT2D eigenvalue weighted by molar-refractivity contribution is 6.05. The lowest BCUT2D eigenvalue weighted by molar-refractivity contribution is 0.102. The fourth-order valence-electron chi connectivity index (χ4n) is 3.03. The second-order valence-corrected chi connectivity index (χ2v) is 6.64. The molecule has 168 valence electrons. The summed E-state index contributed by atoms with van der Waals surface area (Å²) in [6.45, 7) is 4.22. The number of nitrogens with one attached hydrogen (secondary N) is 2. The van der Waals surface area contributed by atoms with Gasteiger partial charge in [-0.05, 0) is 50.2 Å². The molecule has 2 N–H and O–H groups in total. The second-order valence-electron chi connectivity index (χ2n) is 6.64. The number of aryl methyl sites for hydroxylation is 1. The van der Waals surface area contributed by atoms with Crippen molar-refractivity contribution in [3.63, 3.8) is 0 Å². The van der Waals surface area contributed by atoms with Crippen LogP contribution in [0, 0.1) is 6.92 Å². The third kappa shape index (κ3) is 5.37. The van der Waals surface area contributed by atoms with Crippen molar-refractivity contribution in [1.82, 2.24) is 9.97 Å². The molecule has 0 bridgehead atoms. The first-order chi connectivity index (χ1) is 15.5. The molecule has 3 aromatic rings. The van der Waals surface area contributed by atoms with E-state index in [9.17, 15) is 4.79 Å². The van der Waals surface area contributed by atoms with Gasteiger partial charge in [-0.3, -0.25) is 4.79 Å². The summed E-state index contributed by atoms with van der Waals surface area (Å²) < 4.78 is 21.4.